The zero-order valence-corrected chi connectivity index (χ0v) is 19.6. The lowest BCUT2D eigenvalue weighted by Gasteiger charge is -2.40. The third-order valence-corrected chi connectivity index (χ3v) is 6.38. The second kappa shape index (κ2) is 10.1. The molecule has 0 radical (unpaired) electrons. The highest BCUT2D eigenvalue weighted by Crippen LogP contribution is 2.29. The second-order valence-corrected chi connectivity index (χ2v) is 9.66. The Morgan fingerprint density at radius 3 is 2.55 bits per heavy atom. The normalized spacial score (nSPS) is 21.8. The Hall–Kier alpha value is -2.67. The Morgan fingerprint density at radius 1 is 1.09 bits per heavy atom. The number of carbonyl (C=O) groups excluding carboxylic acids is 1. The van der Waals surface area contributed by atoms with Crippen molar-refractivity contribution in [3.63, 3.8) is 0 Å². The molecule has 178 valence electrons. The molecule has 0 bridgehead atoms. The first kappa shape index (κ1) is 23.5. The summed E-state index contributed by atoms with van der Waals surface area (Å²) in [6, 6.07) is 11.6. The van der Waals surface area contributed by atoms with Crippen LogP contribution in [0.1, 0.15) is 37.0 Å². The number of benzene rings is 2. The summed E-state index contributed by atoms with van der Waals surface area (Å²) < 4.78 is 34.8. The number of ether oxygens (including phenoxy) is 1. The topological polar surface area (TPSA) is 36.0 Å². The molecular formula is C26H33F2N3O2. The molecular weight excluding hydrogens is 424 g/mol. The molecule has 2 amide bonds. The molecule has 0 saturated carbocycles. The SMILES string of the molecule is CC(C)COc1ccc(CN2Cc3ccc(F)cc3CN(C3CCN(C)C[C@@H]3F)C2=O)cc1. The van der Waals surface area contributed by atoms with E-state index in [-0.39, 0.29) is 18.4 Å². The molecule has 7 heteroatoms. The van der Waals surface area contributed by atoms with E-state index in [1.165, 1.54) is 12.1 Å². The Labute approximate surface area is 194 Å². The van der Waals surface area contributed by atoms with E-state index < -0.39 is 12.2 Å². The largest absolute Gasteiger partial charge is 0.493 e. The van der Waals surface area contributed by atoms with Gasteiger partial charge >= 0.3 is 6.03 Å². The summed E-state index contributed by atoms with van der Waals surface area (Å²) in [5.41, 5.74) is 2.60. The Kier molecular flexibility index (Phi) is 7.17. The standard InChI is InChI=1S/C26H33F2N3O2/c1-18(2)17-33-23-8-4-19(5-9-23)13-30-14-20-6-7-22(27)12-21(20)15-31(26(30)32)25-10-11-29(3)16-24(25)28/h4-9,12,18,24-25H,10-11,13-17H2,1-3H3/t24-,25?/m0/s1. The molecule has 0 aromatic heterocycles. The number of urea groups is 1. The molecule has 2 aromatic carbocycles. The van der Waals surface area contributed by atoms with E-state index in [4.69, 9.17) is 4.74 Å². The molecule has 1 fully saturated rings. The maximum atomic E-state index is 15.0. The van der Waals surface area contributed by atoms with Gasteiger partial charge in [-0.3, -0.25) is 0 Å². The Morgan fingerprint density at radius 2 is 1.85 bits per heavy atom. The summed E-state index contributed by atoms with van der Waals surface area (Å²) in [5, 5.41) is 0. The van der Waals surface area contributed by atoms with Gasteiger partial charge in [-0.15, -0.1) is 0 Å². The van der Waals surface area contributed by atoms with Crippen molar-refractivity contribution in [2.24, 2.45) is 5.92 Å². The van der Waals surface area contributed by atoms with Crippen molar-refractivity contribution in [3.8, 4) is 5.75 Å². The van der Waals surface area contributed by atoms with E-state index in [2.05, 4.69) is 13.8 Å². The Bertz CT molecular complexity index is 967. The first-order chi connectivity index (χ1) is 15.8. The number of carbonyl (C=O) groups is 1. The summed E-state index contributed by atoms with van der Waals surface area (Å²) in [6.07, 6.45) is -0.578. The van der Waals surface area contributed by atoms with Gasteiger partial charge in [0.1, 0.15) is 17.7 Å². The van der Waals surface area contributed by atoms with Gasteiger partial charge in [0, 0.05) is 32.7 Å². The van der Waals surface area contributed by atoms with Crippen molar-refractivity contribution in [1.29, 1.82) is 0 Å². The average Bonchev–Trinajstić information content (AvgIpc) is 2.90. The number of hydrogen-bond acceptors (Lipinski definition) is 3. The summed E-state index contributed by atoms with van der Waals surface area (Å²) in [6.45, 7) is 6.83. The minimum Gasteiger partial charge on any atom is -0.493 e. The minimum absolute atomic E-state index is 0.205. The lowest BCUT2D eigenvalue weighted by Crippen LogP contribution is -2.55. The monoisotopic (exact) mass is 457 g/mol. The van der Waals surface area contributed by atoms with Crippen molar-refractivity contribution >= 4 is 6.03 Å². The number of piperidine rings is 1. The van der Waals surface area contributed by atoms with Gasteiger partial charge in [0.25, 0.3) is 0 Å². The van der Waals surface area contributed by atoms with Crippen LogP contribution in [0, 0.1) is 11.7 Å². The van der Waals surface area contributed by atoms with E-state index >= 15 is 4.39 Å². The highest BCUT2D eigenvalue weighted by molar-refractivity contribution is 5.76. The molecule has 5 nitrogen and oxygen atoms in total. The van der Waals surface area contributed by atoms with Crippen LogP contribution in [0.25, 0.3) is 0 Å². The van der Waals surface area contributed by atoms with Crippen molar-refractivity contribution < 1.29 is 18.3 Å². The maximum Gasteiger partial charge on any atom is 0.321 e. The number of hydrogen-bond donors (Lipinski definition) is 0. The summed E-state index contributed by atoms with van der Waals surface area (Å²) in [4.78, 5) is 18.9. The van der Waals surface area contributed by atoms with Crippen LogP contribution in [0.5, 0.6) is 5.75 Å². The van der Waals surface area contributed by atoms with Crippen LogP contribution in [-0.4, -0.2) is 59.7 Å². The van der Waals surface area contributed by atoms with Gasteiger partial charge in [-0.25, -0.2) is 13.6 Å². The van der Waals surface area contributed by atoms with Gasteiger partial charge in [0.15, 0.2) is 0 Å². The van der Waals surface area contributed by atoms with Gasteiger partial charge in [0.05, 0.1) is 12.6 Å². The van der Waals surface area contributed by atoms with Crippen LogP contribution in [0.3, 0.4) is 0 Å². The first-order valence-corrected chi connectivity index (χ1v) is 11.7. The van der Waals surface area contributed by atoms with Gasteiger partial charge < -0.3 is 19.4 Å². The van der Waals surface area contributed by atoms with Crippen LogP contribution in [0.2, 0.25) is 0 Å². The predicted molar refractivity (Wildman–Crippen MR) is 124 cm³/mol. The summed E-state index contributed by atoms with van der Waals surface area (Å²) in [7, 11) is 1.89. The molecule has 0 N–H and O–H groups in total. The molecule has 2 aromatic rings. The van der Waals surface area contributed by atoms with Crippen LogP contribution < -0.4 is 4.74 Å². The molecule has 0 spiro atoms. The number of nitrogens with zero attached hydrogens (tertiary/aromatic N) is 3. The number of alkyl halides is 1. The average molecular weight is 458 g/mol. The van der Waals surface area contributed by atoms with Gasteiger partial charge in [-0.1, -0.05) is 32.0 Å². The molecule has 2 aliphatic rings. The number of halogens is 2. The third kappa shape index (κ3) is 5.64. The molecule has 2 heterocycles. The van der Waals surface area contributed by atoms with Crippen molar-refractivity contribution in [1.82, 2.24) is 14.7 Å². The Balaban J connectivity index is 1.57. The van der Waals surface area contributed by atoms with Crippen molar-refractivity contribution in [2.75, 3.05) is 26.7 Å². The molecule has 4 rings (SSSR count). The number of rotatable bonds is 6. The van der Waals surface area contributed by atoms with Crippen LogP contribution in [0.15, 0.2) is 42.5 Å². The molecule has 1 unspecified atom stereocenters. The zero-order valence-electron chi connectivity index (χ0n) is 19.6. The lowest BCUT2D eigenvalue weighted by atomic mass is 10.0. The lowest BCUT2D eigenvalue weighted by molar-refractivity contribution is 0.0461. The van der Waals surface area contributed by atoms with E-state index in [1.807, 2.05) is 36.2 Å². The first-order valence-electron chi connectivity index (χ1n) is 11.7. The van der Waals surface area contributed by atoms with Crippen LogP contribution in [0.4, 0.5) is 13.6 Å². The van der Waals surface area contributed by atoms with Crippen molar-refractivity contribution in [2.45, 2.75) is 52.1 Å². The third-order valence-electron chi connectivity index (χ3n) is 6.38. The van der Waals surface area contributed by atoms with E-state index in [0.29, 0.717) is 38.6 Å². The predicted octanol–water partition coefficient (Wildman–Crippen LogP) is 4.84. The summed E-state index contributed by atoms with van der Waals surface area (Å²) in [5.74, 6) is 0.893. The van der Waals surface area contributed by atoms with E-state index in [9.17, 15) is 9.18 Å². The fraction of sp³-hybridized carbons (Fsp3) is 0.500. The minimum atomic E-state index is -1.14. The van der Waals surface area contributed by atoms with E-state index in [0.717, 1.165) is 29.0 Å². The smallest absolute Gasteiger partial charge is 0.321 e. The van der Waals surface area contributed by atoms with E-state index in [1.54, 1.807) is 15.9 Å². The second-order valence-electron chi connectivity index (χ2n) is 9.66. The molecule has 0 aliphatic carbocycles. The molecule has 33 heavy (non-hydrogen) atoms. The molecule has 2 atom stereocenters. The number of fused-ring (bicyclic) bond motifs is 1. The van der Waals surface area contributed by atoms with Crippen LogP contribution >= 0.6 is 0 Å². The number of likely N-dealkylation sites (tertiary alicyclic amines) is 1. The van der Waals surface area contributed by atoms with Crippen molar-refractivity contribution in [3.05, 3.63) is 65.0 Å². The van der Waals surface area contributed by atoms with Gasteiger partial charge in [-0.2, -0.15) is 0 Å². The van der Waals surface area contributed by atoms with Gasteiger partial charge in [-0.05, 0) is 60.3 Å². The van der Waals surface area contributed by atoms with Gasteiger partial charge in [0.2, 0.25) is 0 Å². The number of amides is 2. The molecule has 1 saturated heterocycles. The highest BCUT2D eigenvalue weighted by Gasteiger charge is 2.38. The summed E-state index contributed by atoms with van der Waals surface area (Å²) >= 11 is 0. The van der Waals surface area contributed by atoms with Crippen LogP contribution in [-0.2, 0) is 19.6 Å². The quantitative estimate of drug-likeness (QED) is 0.623. The fourth-order valence-electron chi connectivity index (χ4n) is 4.55. The zero-order chi connectivity index (χ0) is 23.5. The molecule has 2 aliphatic heterocycles. The highest BCUT2D eigenvalue weighted by atomic mass is 19.1. The fourth-order valence-corrected chi connectivity index (χ4v) is 4.55. The maximum absolute atomic E-state index is 15.0.